The molecule has 1 N–H and O–H groups in total. The SMILES string of the molecule is Cc1cc(/C=C(/C#N)C(=O)Nc2ccc(Cl)c(Cl)c2)c(-c2ccccc2)n1-c1ccccc1. The Balaban J connectivity index is 1.79. The molecule has 0 radical (unpaired) electrons. The first-order valence-corrected chi connectivity index (χ1v) is 10.9. The summed E-state index contributed by atoms with van der Waals surface area (Å²) in [7, 11) is 0. The van der Waals surface area contributed by atoms with Crippen LogP contribution in [0.4, 0.5) is 5.69 Å². The summed E-state index contributed by atoms with van der Waals surface area (Å²) in [5.41, 5.74) is 5.04. The molecule has 162 valence electrons. The molecule has 0 spiro atoms. The molecule has 0 unspecified atom stereocenters. The Morgan fingerprint density at radius 3 is 2.24 bits per heavy atom. The van der Waals surface area contributed by atoms with E-state index in [9.17, 15) is 10.1 Å². The maximum Gasteiger partial charge on any atom is 0.266 e. The molecule has 0 aliphatic rings. The van der Waals surface area contributed by atoms with Crippen LogP contribution in [0.1, 0.15) is 11.3 Å². The fraction of sp³-hybridized carbons (Fsp3) is 0.0370. The van der Waals surface area contributed by atoms with Crippen molar-refractivity contribution >= 4 is 40.9 Å². The van der Waals surface area contributed by atoms with Crippen LogP contribution in [-0.4, -0.2) is 10.5 Å². The second-order valence-corrected chi connectivity index (χ2v) is 8.19. The molecule has 0 aliphatic carbocycles. The van der Waals surface area contributed by atoms with Gasteiger partial charge in [-0.05, 0) is 55.0 Å². The number of halogens is 2. The maximum absolute atomic E-state index is 12.9. The Hall–Kier alpha value is -3.78. The number of benzene rings is 3. The number of nitriles is 1. The second-order valence-electron chi connectivity index (χ2n) is 7.38. The Bertz CT molecular complexity index is 1380. The van der Waals surface area contributed by atoms with Crippen molar-refractivity contribution in [3.63, 3.8) is 0 Å². The molecule has 33 heavy (non-hydrogen) atoms. The normalized spacial score (nSPS) is 11.2. The van der Waals surface area contributed by atoms with Gasteiger partial charge in [-0.15, -0.1) is 0 Å². The van der Waals surface area contributed by atoms with Gasteiger partial charge in [-0.1, -0.05) is 71.7 Å². The number of para-hydroxylation sites is 1. The summed E-state index contributed by atoms with van der Waals surface area (Å²) in [6, 6.07) is 28.6. The van der Waals surface area contributed by atoms with Gasteiger partial charge in [0, 0.05) is 22.6 Å². The van der Waals surface area contributed by atoms with E-state index >= 15 is 0 Å². The lowest BCUT2D eigenvalue weighted by Gasteiger charge is -2.13. The number of carbonyl (C=O) groups excluding carboxylic acids is 1. The summed E-state index contributed by atoms with van der Waals surface area (Å²) < 4.78 is 2.12. The zero-order valence-electron chi connectivity index (χ0n) is 17.7. The molecule has 4 nitrogen and oxygen atoms in total. The van der Waals surface area contributed by atoms with E-state index < -0.39 is 5.91 Å². The third-order valence-corrected chi connectivity index (χ3v) is 5.86. The number of nitrogens with zero attached hydrogens (tertiary/aromatic N) is 2. The van der Waals surface area contributed by atoms with Crippen LogP contribution in [0.15, 0.2) is 90.5 Å². The van der Waals surface area contributed by atoms with E-state index in [2.05, 4.69) is 9.88 Å². The number of aryl methyl sites for hydroxylation is 1. The van der Waals surface area contributed by atoms with Crippen molar-refractivity contribution in [1.82, 2.24) is 4.57 Å². The molecular weight excluding hydrogens is 453 g/mol. The van der Waals surface area contributed by atoms with Gasteiger partial charge >= 0.3 is 0 Å². The zero-order chi connectivity index (χ0) is 23.4. The third-order valence-electron chi connectivity index (χ3n) is 5.12. The number of nitrogens with one attached hydrogen (secondary N) is 1. The van der Waals surface area contributed by atoms with Gasteiger partial charge in [0.25, 0.3) is 5.91 Å². The summed E-state index contributed by atoms with van der Waals surface area (Å²) >= 11 is 12.0. The highest BCUT2D eigenvalue weighted by Crippen LogP contribution is 2.32. The van der Waals surface area contributed by atoms with Gasteiger partial charge in [0.2, 0.25) is 0 Å². The first-order valence-electron chi connectivity index (χ1n) is 10.2. The zero-order valence-corrected chi connectivity index (χ0v) is 19.2. The van der Waals surface area contributed by atoms with Gasteiger partial charge in [0.05, 0.1) is 15.7 Å². The standard InChI is InChI=1S/C27H19Cl2N3O/c1-18-14-20(15-21(17-30)27(33)31-22-12-13-24(28)25(29)16-22)26(19-8-4-2-5-9-19)32(18)23-10-6-3-7-11-23/h2-16H,1H3,(H,31,33)/b21-15-. The molecule has 3 aromatic carbocycles. The predicted molar refractivity (Wildman–Crippen MR) is 135 cm³/mol. The first-order chi connectivity index (χ1) is 16.0. The summed E-state index contributed by atoms with van der Waals surface area (Å²) in [5, 5.41) is 13.2. The Morgan fingerprint density at radius 1 is 0.939 bits per heavy atom. The topological polar surface area (TPSA) is 57.8 Å². The van der Waals surface area contributed by atoms with E-state index in [0.717, 1.165) is 28.2 Å². The fourth-order valence-corrected chi connectivity index (χ4v) is 3.95. The quantitative estimate of drug-likeness (QED) is 0.245. The number of amides is 1. The third kappa shape index (κ3) is 4.85. The lowest BCUT2D eigenvalue weighted by Crippen LogP contribution is -2.13. The number of rotatable bonds is 5. The van der Waals surface area contributed by atoms with Gasteiger partial charge < -0.3 is 9.88 Å². The Kier molecular flexibility index (Phi) is 6.65. The number of anilines is 1. The van der Waals surface area contributed by atoms with Crippen molar-refractivity contribution in [2.45, 2.75) is 6.92 Å². The van der Waals surface area contributed by atoms with E-state index in [-0.39, 0.29) is 5.57 Å². The van der Waals surface area contributed by atoms with Crippen LogP contribution >= 0.6 is 23.2 Å². The summed E-state index contributed by atoms with van der Waals surface area (Å²) in [6.07, 6.45) is 1.61. The van der Waals surface area contributed by atoms with Crippen LogP contribution in [0.5, 0.6) is 0 Å². The van der Waals surface area contributed by atoms with Crippen molar-refractivity contribution in [2.75, 3.05) is 5.32 Å². The summed E-state index contributed by atoms with van der Waals surface area (Å²) in [6.45, 7) is 2.00. The number of hydrogen-bond donors (Lipinski definition) is 1. The molecule has 0 fully saturated rings. The molecular formula is C27H19Cl2N3O. The van der Waals surface area contributed by atoms with Gasteiger partial charge in [0.15, 0.2) is 0 Å². The average Bonchev–Trinajstić information content (AvgIpc) is 3.16. The van der Waals surface area contributed by atoms with Gasteiger partial charge in [0.1, 0.15) is 11.6 Å². The molecule has 0 atom stereocenters. The fourth-order valence-electron chi connectivity index (χ4n) is 3.65. The molecule has 0 saturated carbocycles. The van der Waals surface area contributed by atoms with Crippen LogP contribution in [0, 0.1) is 18.3 Å². The highest BCUT2D eigenvalue weighted by Gasteiger charge is 2.18. The molecule has 4 aromatic rings. The lowest BCUT2D eigenvalue weighted by molar-refractivity contribution is -0.112. The smallest absolute Gasteiger partial charge is 0.266 e. The van der Waals surface area contributed by atoms with Crippen LogP contribution in [0.3, 0.4) is 0 Å². The molecule has 6 heteroatoms. The van der Waals surface area contributed by atoms with E-state index in [0.29, 0.717) is 15.7 Å². The van der Waals surface area contributed by atoms with Crippen molar-refractivity contribution < 1.29 is 4.79 Å². The second kappa shape index (κ2) is 9.79. The average molecular weight is 472 g/mol. The number of hydrogen-bond acceptors (Lipinski definition) is 2. The Labute approximate surface area is 202 Å². The molecule has 1 aromatic heterocycles. The van der Waals surface area contributed by atoms with E-state index in [1.165, 1.54) is 0 Å². The van der Waals surface area contributed by atoms with Crippen molar-refractivity contribution in [3.8, 4) is 23.0 Å². The van der Waals surface area contributed by atoms with Crippen molar-refractivity contribution in [3.05, 3.63) is 112 Å². The molecule has 0 bridgehead atoms. The van der Waals surface area contributed by atoms with Crippen LogP contribution in [-0.2, 0) is 4.79 Å². The van der Waals surface area contributed by atoms with Crippen molar-refractivity contribution in [2.24, 2.45) is 0 Å². The monoisotopic (exact) mass is 471 g/mol. The summed E-state index contributed by atoms with van der Waals surface area (Å²) in [5.74, 6) is -0.528. The number of carbonyl (C=O) groups is 1. The highest BCUT2D eigenvalue weighted by atomic mass is 35.5. The Morgan fingerprint density at radius 2 is 1.61 bits per heavy atom. The van der Waals surface area contributed by atoms with E-state index in [4.69, 9.17) is 23.2 Å². The molecule has 4 rings (SSSR count). The van der Waals surface area contributed by atoms with Crippen LogP contribution < -0.4 is 5.32 Å². The largest absolute Gasteiger partial charge is 0.321 e. The van der Waals surface area contributed by atoms with Crippen molar-refractivity contribution in [1.29, 1.82) is 5.26 Å². The minimum absolute atomic E-state index is 0.0246. The predicted octanol–water partition coefficient (Wildman–Crippen LogP) is 7.31. The van der Waals surface area contributed by atoms with Gasteiger partial charge in [-0.3, -0.25) is 4.79 Å². The molecule has 0 aliphatic heterocycles. The first kappa shape index (κ1) is 22.4. The lowest BCUT2D eigenvalue weighted by atomic mass is 10.0. The van der Waals surface area contributed by atoms with E-state index in [1.54, 1.807) is 24.3 Å². The van der Waals surface area contributed by atoms with Crippen LogP contribution in [0.25, 0.3) is 23.0 Å². The van der Waals surface area contributed by atoms with Gasteiger partial charge in [-0.25, -0.2) is 0 Å². The highest BCUT2D eigenvalue weighted by molar-refractivity contribution is 6.42. The van der Waals surface area contributed by atoms with E-state index in [1.807, 2.05) is 79.7 Å². The molecule has 0 saturated heterocycles. The summed E-state index contributed by atoms with van der Waals surface area (Å²) in [4.78, 5) is 12.9. The molecule has 1 amide bonds. The molecule has 1 heterocycles. The minimum atomic E-state index is -0.528. The minimum Gasteiger partial charge on any atom is -0.321 e. The number of aromatic nitrogens is 1. The van der Waals surface area contributed by atoms with Crippen LogP contribution in [0.2, 0.25) is 10.0 Å². The maximum atomic E-state index is 12.9. The van der Waals surface area contributed by atoms with Gasteiger partial charge in [-0.2, -0.15) is 5.26 Å².